The lowest BCUT2D eigenvalue weighted by molar-refractivity contribution is -0.118. The van der Waals surface area contributed by atoms with Gasteiger partial charge in [-0.05, 0) is 54.8 Å². The Morgan fingerprint density at radius 2 is 1.87 bits per heavy atom. The maximum absolute atomic E-state index is 12.7. The van der Waals surface area contributed by atoms with Crippen LogP contribution in [0.3, 0.4) is 0 Å². The first-order chi connectivity index (χ1) is 15.0. The first-order valence-corrected chi connectivity index (χ1v) is 10.7. The van der Waals surface area contributed by atoms with Crippen LogP contribution in [0, 0.1) is 6.92 Å². The third-order valence-electron chi connectivity index (χ3n) is 5.00. The highest BCUT2D eigenvalue weighted by Gasteiger charge is 2.18. The van der Waals surface area contributed by atoms with Gasteiger partial charge in [-0.25, -0.2) is 4.98 Å². The van der Waals surface area contributed by atoms with Crippen molar-refractivity contribution in [1.29, 1.82) is 0 Å². The average molecular weight is 454 g/mol. The van der Waals surface area contributed by atoms with E-state index in [2.05, 4.69) is 12.2 Å². The molecule has 4 aromatic rings. The number of imidazole rings is 1. The van der Waals surface area contributed by atoms with E-state index in [1.54, 1.807) is 12.1 Å². The van der Waals surface area contributed by atoms with E-state index in [4.69, 9.17) is 32.9 Å². The number of carbonyl (C=O) groups excluding carboxylic acids is 1. The molecule has 0 fully saturated rings. The quantitative estimate of drug-likeness (QED) is 0.378. The Hall–Kier alpha value is -3.02. The van der Waals surface area contributed by atoms with Crippen molar-refractivity contribution in [3.8, 4) is 17.0 Å². The van der Waals surface area contributed by atoms with E-state index >= 15 is 0 Å². The zero-order valence-corrected chi connectivity index (χ0v) is 18.7. The highest BCUT2D eigenvalue weighted by atomic mass is 35.5. The summed E-state index contributed by atoms with van der Waals surface area (Å²) in [6, 6.07) is 16.9. The Kier molecular flexibility index (Phi) is 6.16. The number of amides is 1. The number of carbonyl (C=O) groups is 1. The molecule has 0 radical (unpaired) electrons. The molecule has 0 aliphatic rings. The summed E-state index contributed by atoms with van der Waals surface area (Å²) in [5.41, 5.74) is 4.30. The first kappa shape index (κ1) is 21.2. The van der Waals surface area contributed by atoms with Crippen LogP contribution < -0.4 is 10.1 Å². The van der Waals surface area contributed by atoms with Crippen LogP contribution in [0.5, 0.6) is 5.75 Å². The van der Waals surface area contributed by atoms with Crippen LogP contribution in [-0.2, 0) is 11.2 Å². The van der Waals surface area contributed by atoms with Gasteiger partial charge in [-0.15, -0.1) is 0 Å². The van der Waals surface area contributed by atoms with Crippen LogP contribution in [0.2, 0.25) is 10.0 Å². The van der Waals surface area contributed by atoms with Gasteiger partial charge in [-0.3, -0.25) is 9.20 Å². The number of halogens is 2. The number of anilines is 1. The van der Waals surface area contributed by atoms with Gasteiger partial charge in [0.1, 0.15) is 22.9 Å². The fraction of sp³-hybridized carbons (Fsp3) is 0.167. The van der Waals surface area contributed by atoms with Crippen molar-refractivity contribution in [2.24, 2.45) is 0 Å². The predicted molar refractivity (Wildman–Crippen MR) is 125 cm³/mol. The monoisotopic (exact) mass is 453 g/mol. The number of aryl methyl sites for hydroxylation is 2. The molecule has 2 aromatic heterocycles. The summed E-state index contributed by atoms with van der Waals surface area (Å²) in [6.07, 6.45) is 2.81. The van der Waals surface area contributed by atoms with Gasteiger partial charge in [0.15, 0.2) is 6.61 Å². The van der Waals surface area contributed by atoms with Gasteiger partial charge in [0.25, 0.3) is 5.91 Å². The maximum atomic E-state index is 12.7. The number of pyridine rings is 1. The Balaban J connectivity index is 1.63. The van der Waals surface area contributed by atoms with Gasteiger partial charge in [-0.2, -0.15) is 0 Å². The summed E-state index contributed by atoms with van der Waals surface area (Å²) in [6.45, 7) is 3.94. The second kappa shape index (κ2) is 9.00. The Morgan fingerprint density at radius 3 is 2.58 bits per heavy atom. The number of hydrogen-bond acceptors (Lipinski definition) is 3. The predicted octanol–water partition coefficient (Wildman–Crippen LogP) is 6.20. The molecule has 0 spiro atoms. The zero-order valence-electron chi connectivity index (χ0n) is 17.2. The van der Waals surface area contributed by atoms with Gasteiger partial charge >= 0.3 is 0 Å². The second-order valence-electron chi connectivity index (χ2n) is 7.16. The van der Waals surface area contributed by atoms with Gasteiger partial charge in [-0.1, -0.05) is 54.4 Å². The fourth-order valence-corrected chi connectivity index (χ4v) is 3.60. The number of fused-ring (bicyclic) bond motifs is 1. The molecule has 0 atom stereocenters. The number of benzene rings is 2. The van der Waals surface area contributed by atoms with E-state index in [1.165, 1.54) is 5.56 Å². The molecule has 2 aromatic carbocycles. The molecule has 7 heteroatoms. The molecule has 0 saturated carbocycles. The van der Waals surface area contributed by atoms with Gasteiger partial charge in [0.2, 0.25) is 0 Å². The van der Waals surface area contributed by atoms with E-state index in [9.17, 15) is 4.79 Å². The van der Waals surface area contributed by atoms with Gasteiger partial charge in [0, 0.05) is 11.8 Å². The molecule has 158 valence electrons. The van der Waals surface area contributed by atoms with E-state index in [1.807, 2.05) is 60.0 Å². The van der Waals surface area contributed by atoms with Crippen LogP contribution in [0.1, 0.15) is 18.1 Å². The summed E-state index contributed by atoms with van der Waals surface area (Å²) < 4.78 is 7.50. The van der Waals surface area contributed by atoms with Crippen molar-refractivity contribution < 1.29 is 9.53 Å². The third-order valence-corrected chi connectivity index (χ3v) is 5.74. The molecule has 4 rings (SSSR count). The zero-order chi connectivity index (χ0) is 22.0. The largest absolute Gasteiger partial charge is 0.484 e. The van der Waals surface area contributed by atoms with Crippen molar-refractivity contribution in [3.63, 3.8) is 0 Å². The molecule has 0 aliphatic heterocycles. The maximum Gasteiger partial charge on any atom is 0.263 e. The molecule has 0 unspecified atom stereocenters. The van der Waals surface area contributed by atoms with E-state index < -0.39 is 0 Å². The highest BCUT2D eigenvalue weighted by Crippen LogP contribution is 2.33. The Bertz CT molecular complexity index is 1250. The number of aromatic nitrogens is 2. The smallest absolute Gasteiger partial charge is 0.263 e. The van der Waals surface area contributed by atoms with Crippen molar-refractivity contribution in [3.05, 3.63) is 82.0 Å². The van der Waals surface area contributed by atoms with E-state index in [0.717, 1.165) is 23.2 Å². The Labute approximate surface area is 190 Å². The average Bonchev–Trinajstić information content (AvgIpc) is 3.14. The van der Waals surface area contributed by atoms with Crippen LogP contribution in [0.15, 0.2) is 60.8 Å². The highest BCUT2D eigenvalue weighted by molar-refractivity contribution is 6.42. The molecule has 2 heterocycles. The lowest BCUT2D eigenvalue weighted by Gasteiger charge is -2.10. The van der Waals surface area contributed by atoms with Crippen LogP contribution in [0.25, 0.3) is 16.9 Å². The summed E-state index contributed by atoms with van der Waals surface area (Å²) >= 11 is 12.3. The van der Waals surface area contributed by atoms with Gasteiger partial charge in [0.05, 0.1) is 10.0 Å². The van der Waals surface area contributed by atoms with E-state index in [0.29, 0.717) is 27.3 Å². The summed E-state index contributed by atoms with van der Waals surface area (Å²) in [4.78, 5) is 17.5. The van der Waals surface area contributed by atoms with Crippen molar-refractivity contribution in [1.82, 2.24) is 9.38 Å². The minimum atomic E-state index is -0.288. The number of rotatable bonds is 6. The summed E-state index contributed by atoms with van der Waals surface area (Å²) in [5.74, 6) is 0.905. The van der Waals surface area contributed by atoms with Crippen molar-refractivity contribution >= 4 is 40.6 Å². The lowest BCUT2D eigenvalue weighted by Crippen LogP contribution is -2.21. The molecule has 5 nitrogen and oxygen atoms in total. The van der Waals surface area contributed by atoms with Crippen LogP contribution >= 0.6 is 23.2 Å². The number of nitrogens with zero attached hydrogens (tertiary/aromatic N) is 2. The Morgan fingerprint density at radius 1 is 1.10 bits per heavy atom. The minimum absolute atomic E-state index is 0.120. The normalized spacial score (nSPS) is 11.0. The van der Waals surface area contributed by atoms with Gasteiger partial charge < -0.3 is 10.1 Å². The minimum Gasteiger partial charge on any atom is -0.484 e. The lowest BCUT2D eigenvalue weighted by atomic mass is 10.1. The number of nitrogens with one attached hydrogen (secondary N) is 1. The fourth-order valence-electron chi connectivity index (χ4n) is 3.31. The van der Waals surface area contributed by atoms with Crippen LogP contribution in [-0.4, -0.2) is 21.9 Å². The molecule has 0 aliphatic carbocycles. The van der Waals surface area contributed by atoms with E-state index in [-0.39, 0.29) is 12.5 Å². The molecule has 1 amide bonds. The molecule has 1 N–H and O–H groups in total. The van der Waals surface area contributed by atoms with Crippen LogP contribution in [0.4, 0.5) is 5.82 Å². The molecule has 31 heavy (non-hydrogen) atoms. The van der Waals surface area contributed by atoms with Crippen molar-refractivity contribution in [2.45, 2.75) is 20.3 Å². The number of hydrogen-bond donors (Lipinski definition) is 1. The second-order valence-corrected chi connectivity index (χ2v) is 7.97. The SMILES string of the molecule is CCc1ccc(OCC(=O)Nc2c(-c3ccc(Cl)c(Cl)c3)nc3c(C)cccn23)cc1. The number of ether oxygens (including phenoxy) is 1. The first-order valence-electron chi connectivity index (χ1n) is 9.91. The standard InChI is InChI=1S/C24H21Cl2N3O2/c1-3-16-6-9-18(10-7-16)31-14-21(30)27-24-22(17-8-11-19(25)20(26)13-17)28-23-15(2)5-4-12-29(23)24/h4-13H,3,14H2,1-2H3,(H,27,30). The topological polar surface area (TPSA) is 55.6 Å². The summed E-state index contributed by atoms with van der Waals surface area (Å²) in [5, 5.41) is 3.82. The molecular weight excluding hydrogens is 433 g/mol. The van der Waals surface area contributed by atoms with Crippen molar-refractivity contribution in [2.75, 3.05) is 11.9 Å². The summed E-state index contributed by atoms with van der Waals surface area (Å²) in [7, 11) is 0. The molecule has 0 saturated heterocycles. The third kappa shape index (κ3) is 4.53. The molecule has 0 bridgehead atoms. The molecular formula is C24H21Cl2N3O2.